The third-order valence-electron chi connectivity index (χ3n) is 5.90. The molecule has 2 rings (SSSR count). The van der Waals surface area contributed by atoms with Crippen LogP contribution in [0, 0.1) is 11.8 Å². The summed E-state index contributed by atoms with van der Waals surface area (Å²) in [5.74, 6) is 1.63. The van der Waals surface area contributed by atoms with E-state index < -0.39 is 0 Å². The second kappa shape index (κ2) is 10.1. The number of likely N-dealkylation sites (N-methyl/N-ethyl adjacent to an activating group) is 1. The van der Waals surface area contributed by atoms with Crippen molar-refractivity contribution in [3.8, 4) is 0 Å². The monoisotopic (exact) mass is 338 g/mol. The van der Waals surface area contributed by atoms with Gasteiger partial charge in [0.15, 0.2) is 0 Å². The van der Waals surface area contributed by atoms with Crippen molar-refractivity contribution in [2.75, 3.05) is 72.5 Å². The number of hydrogen-bond donors (Lipinski definition) is 0. The summed E-state index contributed by atoms with van der Waals surface area (Å²) in [7, 11) is 2.24. The summed E-state index contributed by atoms with van der Waals surface area (Å²) >= 11 is 0. The van der Waals surface area contributed by atoms with Crippen LogP contribution >= 0.6 is 0 Å². The van der Waals surface area contributed by atoms with Crippen LogP contribution in [0.4, 0.5) is 0 Å². The maximum atomic E-state index is 2.72. The van der Waals surface area contributed by atoms with Gasteiger partial charge in [-0.25, -0.2) is 0 Å². The molecule has 2 heterocycles. The van der Waals surface area contributed by atoms with E-state index in [4.69, 9.17) is 0 Å². The molecule has 2 aliphatic rings. The molecule has 4 nitrogen and oxygen atoms in total. The zero-order valence-electron chi connectivity index (χ0n) is 17.0. The predicted molar refractivity (Wildman–Crippen MR) is 105 cm³/mol. The number of rotatable bonds is 8. The first-order valence-corrected chi connectivity index (χ1v) is 10.3. The highest BCUT2D eigenvalue weighted by Crippen LogP contribution is 2.16. The average molecular weight is 339 g/mol. The second-order valence-corrected chi connectivity index (χ2v) is 8.87. The molecule has 0 aliphatic carbocycles. The molecule has 0 saturated carbocycles. The Morgan fingerprint density at radius 1 is 0.667 bits per heavy atom. The van der Waals surface area contributed by atoms with E-state index in [1.807, 2.05) is 0 Å². The first-order chi connectivity index (χ1) is 11.4. The Labute approximate surface area is 151 Å². The summed E-state index contributed by atoms with van der Waals surface area (Å²) in [6, 6.07) is 0.751. The number of piperazine rings is 2. The normalized spacial score (nSPS) is 25.2. The molecule has 0 radical (unpaired) electrons. The molecule has 0 amide bonds. The summed E-state index contributed by atoms with van der Waals surface area (Å²) in [5.41, 5.74) is 0. The molecule has 0 aromatic heterocycles. The Bertz CT molecular complexity index is 331. The van der Waals surface area contributed by atoms with Crippen molar-refractivity contribution in [2.45, 2.75) is 46.6 Å². The van der Waals surface area contributed by atoms with Crippen LogP contribution in [-0.2, 0) is 0 Å². The fraction of sp³-hybridized carbons (Fsp3) is 1.00. The molecule has 4 heteroatoms. The van der Waals surface area contributed by atoms with Gasteiger partial charge in [-0.05, 0) is 38.6 Å². The van der Waals surface area contributed by atoms with Crippen molar-refractivity contribution in [3.05, 3.63) is 0 Å². The van der Waals surface area contributed by atoms with Crippen molar-refractivity contribution >= 4 is 0 Å². The average Bonchev–Trinajstić information content (AvgIpc) is 2.55. The summed E-state index contributed by atoms with van der Waals surface area (Å²) < 4.78 is 0. The van der Waals surface area contributed by atoms with Crippen LogP contribution in [0.1, 0.15) is 40.5 Å². The molecule has 2 atom stereocenters. The third kappa shape index (κ3) is 6.99. The maximum absolute atomic E-state index is 2.72. The standard InChI is InChI=1S/C20H42N4/c1-18(2)16-22-12-14-24(15-13-22)20(4)7-6-19(3)17-23-10-8-21(5)9-11-23/h18-20H,6-17H2,1-5H3. The van der Waals surface area contributed by atoms with Crippen LogP contribution < -0.4 is 0 Å². The van der Waals surface area contributed by atoms with Gasteiger partial charge in [-0.15, -0.1) is 0 Å². The molecule has 2 saturated heterocycles. The van der Waals surface area contributed by atoms with Gasteiger partial charge in [-0.2, -0.15) is 0 Å². The molecule has 142 valence electrons. The maximum Gasteiger partial charge on any atom is 0.0113 e. The van der Waals surface area contributed by atoms with Gasteiger partial charge in [0, 0.05) is 71.5 Å². The number of nitrogens with zero attached hydrogens (tertiary/aromatic N) is 4. The van der Waals surface area contributed by atoms with Crippen molar-refractivity contribution in [1.29, 1.82) is 0 Å². The minimum absolute atomic E-state index is 0.751. The van der Waals surface area contributed by atoms with Crippen LogP contribution in [-0.4, -0.2) is 98.1 Å². The highest BCUT2D eigenvalue weighted by molar-refractivity contribution is 4.78. The SMILES string of the molecule is CC(C)CN1CCN(C(C)CCC(C)CN2CCN(C)CC2)CC1. The first-order valence-electron chi connectivity index (χ1n) is 10.3. The summed E-state index contributed by atoms with van der Waals surface area (Å²) in [6.45, 7) is 22.2. The zero-order valence-corrected chi connectivity index (χ0v) is 17.0. The van der Waals surface area contributed by atoms with Gasteiger partial charge >= 0.3 is 0 Å². The minimum atomic E-state index is 0.751. The molecule has 0 aromatic rings. The Balaban J connectivity index is 1.60. The molecule has 2 unspecified atom stereocenters. The molecule has 0 N–H and O–H groups in total. The highest BCUT2D eigenvalue weighted by atomic mass is 15.3. The van der Waals surface area contributed by atoms with E-state index in [0.717, 1.165) is 17.9 Å². The summed E-state index contributed by atoms with van der Waals surface area (Å²) in [4.78, 5) is 10.5. The molecule has 24 heavy (non-hydrogen) atoms. The van der Waals surface area contributed by atoms with E-state index in [0.29, 0.717) is 0 Å². The molecule has 0 spiro atoms. The van der Waals surface area contributed by atoms with E-state index in [-0.39, 0.29) is 0 Å². The van der Waals surface area contributed by atoms with E-state index in [1.165, 1.54) is 78.3 Å². The lowest BCUT2D eigenvalue weighted by Crippen LogP contribution is -2.50. The summed E-state index contributed by atoms with van der Waals surface area (Å²) in [6.07, 6.45) is 2.73. The van der Waals surface area contributed by atoms with Crippen molar-refractivity contribution in [2.24, 2.45) is 11.8 Å². The summed E-state index contributed by atoms with van der Waals surface area (Å²) in [5, 5.41) is 0. The first kappa shape index (κ1) is 20.2. The fourth-order valence-electron chi connectivity index (χ4n) is 4.17. The van der Waals surface area contributed by atoms with Gasteiger partial charge in [0.2, 0.25) is 0 Å². The lowest BCUT2D eigenvalue weighted by atomic mass is 10.00. The van der Waals surface area contributed by atoms with Gasteiger partial charge in [-0.1, -0.05) is 20.8 Å². The van der Waals surface area contributed by atoms with Crippen LogP contribution in [0.25, 0.3) is 0 Å². The minimum Gasteiger partial charge on any atom is -0.304 e. The smallest absolute Gasteiger partial charge is 0.0113 e. The lowest BCUT2D eigenvalue weighted by molar-refractivity contribution is 0.0867. The predicted octanol–water partition coefficient (Wildman–Crippen LogP) is 2.31. The topological polar surface area (TPSA) is 13.0 Å². The molecule has 0 bridgehead atoms. The largest absolute Gasteiger partial charge is 0.304 e. The van der Waals surface area contributed by atoms with E-state index in [2.05, 4.69) is 54.3 Å². The van der Waals surface area contributed by atoms with Crippen LogP contribution in [0.2, 0.25) is 0 Å². The van der Waals surface area contributed by atoms with Gasteiger partial charge in [0.25, 0.3) is 0 Å². The van der Waals surface area contributed by atoms with Crippen molar-refractivity contribution in [1.82, 2.24) is 19.6 Å². The lowest BCUT2D eigenvalue weighted by Gasteiger charge is -2.39. The van der Waals surface area contributed by atoms with Gasteiger partial charge < -0.3 is 14.7 Å². The van der Waals surface area contributed by atoms with Crippen LogP contribution in [0.3, 0.4) is 0 Å². The van der Waals surface area contributed by atoms with E-state index in [9.17, 15) is 0 Å². The Hall–Kier alpha value is -0.160. The highest BCUT2D eigenvalue weighted by Gasteiger charge is 2.22. The molecule has 2 aliphatic heterocycles. The van der Waals surface area contributed by atoms with Crippen LogP contribution in [0.5, 0.6) is 0 Å². The zero-order chi connectivity index (χ0) is 17.5. The molecule has 0 aromatic carbocycles. The third-order valence-corrected chi connectivity index (χ3v) is 5.90. The Morgan fingerprint density at radius 2 is 1.21 bits per heavy atom. The number of hydrogen-bond acceptors (Lipinski definition) is 4. The van der Waals surface area contributed by atoms with Gasteiger partial charge in [-0.3, -0.25) is 4.90 Å². The quantitative estimate of drug-likeness (QED) is 0.673. The van der Waals surface area contributed by atoms with Crippen molar-refractivity contribution < 1.29 is 0 Å². The van der Waals surface area contributed by atoms with Gasteiger partial charge in [0.05, 0.1) is 0 Å². The van der Waals surface area contributed by atoms with E-state index in [1.54, 1.807) is 0 Å². The molecular weight excluding hydrogens is 296 g/mol. The Kier molecular flexibility index (Phi) is 8.48. The van der Waals surface area contributed by atoms with Crippen LogP contribution in [0.15, 0.2) is 0 Å². The van der Waals surface area contributed by atoms with E-state index >= 15 is 0 Å². The fourth-order valence-corrected chi connectivity index (χ4v) is 4.17. The Morgan fingerprint density at radius 3 is 1.79 bits per heavy atom. The second-order valence-electron chi connectivity index (χ2n) is 8.87. The molecular formula is C20H42N4. The molecule has 2 fully saturated rings. The van der Waals surface area contributed by atoms with Crippen molar-refractivity contribution in [3.63, 3.8) is 0 Å². The van der Waals surface area contributed by atoms with Gasteiger partial charge in [0.1, 0.15) is 0 Å².